The Kier molecular flexibility index (Phi) is 5.24. The Morgan fingerprint density at radius 3 is 2.06 bits per heavy atom. The highest BCUT2D eigenvalue weighted by molar-refractivity contribution is 7.44. The molecule has 0 aliphatic rings. The Hall–Kier alpha value is -0.830. The van der Waals surface area contributed by atoms with Gasteiger partial charge in [0.2, 0.25) is 0 Å². The smallest absolute Gasteiger partial charge is 0.424 e. The van der Waals surface area contributed by atoms with Crippen molar-refractivity contribution >= 4 is 32.3 Å². The molecule has 0 saturated carbocycles. The van der Waals surface area contributed by atoms with Crippen LogP contribution in [-0.4, -0.2) is 0 Å². The second kappa shape index (κ2) is 6.93. The molecule has 94 valence electrons. The fourth-order valence-corrected chi connectivity index (χ4v) is 2.34. The molecule has 0 heterocycles. The number of hydrogen-bond donors (Lipinski definition) is 0. The first-order chi connectivity index (χ1) is 8.85. The van der Waals surface area contributed by atoms with Crippen LogP contribution in [0.1, 0.15) is 0 Å². The first-order valence-electron chi connectivity index (χ1n) is 5.05. The minimum atomic E-state index is -1.81. The van der Waals surface area contributed by atoms with Crippen molar-refractivity contribution in [2.45, 2.75) is 0 Å². The van der Waals surface area contributed by atoms with E-state index in [4.69, 9.17) is 28.3 Å². The van der Waals surface area contributed by atoms with Gasteiger partial charge in [-0.1, -0.05) is 48.5 Å². The molecule has 0 aliphatic heterocycles. The molecule has 2 aromatic rings. The summed E-state index contributed by atoms with van der Waals surface area (Å²) in [4.78, 5) is 0. The van der Waals surface area contributed by atoms with Crippen LogP contribution in [0.3, 0.4) is 0 Å². The van der Waals surface area contributed by atoms with E-state index in [2.05, 4.69) is 8.15 Å². The molecule has 0 spiro atoms. The van der Waals surface area contributed by atoms with Gasteiger partial charge >= 0.3 is 8.60 Å². The molecule has 0 aromatic heterocycles. The van der Waals surface area contributed by atoms with Gasteiger partial charge in [0, 0.05) is 5.56 Å². The normalized spacial score (nSPS) is 10.6. The number of benzene rings is 2. The second-order valence-electron chi connectivity index (χ2n) is 3.32. The Morgan fingerprint density at radius 2 is 1.39 bits per heavy atom. The van der Waals surface area contributed by atoms with Gasteiger partial charge in [0.1, 0.15) is 5.75 Å². The molecule has 0 N–H and O–H groups in total. The monoisotopic (exact) mass is 302 g/mol. The van der Waals surface area contributed by atoms with E-state index in [1.54, 1.807) is 6.07 Å². The zero-order valence-corrected chi connectivity index (χ0v) is 11.5. The number of halogens is 2. The molecule has 0 radical (unpaired) electrons. The third-order valence-electron chi connectivity index (χ3n) is 2.26. The zero-order chi connectivity index (χ0) is 12.8. The summed E-state index contributed by atoms with van der Waals surface area (Å²) in [5.74, 6) is 0.594. The quantitative estimate of drug-likeness (QED) is 0.701. The third-order valence-corrected chi connectivity index (χ3v) is 3.50. The zero-order valence-electron chi connectivity index (χ0n) is 9.12. The van der Waals surface area contributed by atoms with E-state index in [1.165, 1.54) is 0 Å². The molecule has 0 aliphatic carbocycles. The molecule has 0 bridgehead atoms. The lowest BCUT2D eigenvalue weighted by molar-refractivity contribution is 0.420. The van der Waals surface area contributed by atoms with Crippen LogP contribution in [0.5, 0.6) is 5.75 Å². The molecular weight excluding hydrogens is 294 g/mol. The van der Waals surface area contributed by atoms with Gasteiger partial charge in [-0.3, -0.25) is 0 Å². The summed E-state index contributed by atoms with van der Waals surface area (Å²) in [6.45, 7) is 0. The van der Waals surface area contributed by atoms with Crippen LogP contribution in [0.15, 0.2) is 54.6 Å². The van der Waals surface area contributed by atoms with Crippen LogP contribution in [0.4, 0.5) is 0 Å². The maximum Gasteiger partial charge on any atom is 0.433 e. The Morgan fingerprint density at radius 1 is 0.778 bits per heavy atom. The van der Waals surface area contributed by atoms with E-state index < -0.39 is 8.60 Å². The summed E-state index contributed by atoms with van der Waals surface area (Å²) < 4.78 is 14.4. The van der Waals surface area contributed by atoms with E-state index >= 15 is 0 Å². The lowest BCUT2D eigenvalue weighted by Gasteiger charge is -2.13. The van der Waals surface area contributed by atoms with Gasteiger partial charge in [-0.15, -0.1) is 0 Å². The Labute approximate surface area is 117 Å². The van der Waals surface area contributed by atoms with Gasteiger partial charge in [-0.25, -0.2) is 0 Å². The summed E-state index contributed by atoms with van der Waals surface area (Å²) in [6.07, 6.45) is 0. The SMILES string of the molecule is ClOP(OCl)Oc1ccccc1-c1ccccc1. The molecule has 0 atom stereocenters. The molecule has 0 amide bonds. The fourth-order valence-electron chi connectivity index (χ4n) is 1.52. The lowest BCUT2D eigenvalue weighted by Crippen LogP contribution is -1.90. The highest BCUT2D eigenvalue weighted by Gasteiger charge is 2.16. The van der Waals surface area contributed by atoms with Crippen molar-refractivity contribution in [2.24, 2.45) is 0 Å². The maximum absolute atomic E-state index is 5.45. The van der Waals surface area contributed by atoms with Gasteiger partial charge in [0.15, 0.2) is 0 Å². The van der Waals surface area contributed by atoms with Crippen LogP contribution < -0.4 is 4.52 Å². The van der Waals surface area contributed by atoms with Crippen LogP contribution in [0.2, 0.25) is 0 Å². The van der Waals surface area contributed by atoms with Gasteiger partial charge < -0.3 is 4.52 Å². The van der Waals surface area contributed by atoms with Crippen LogP contribution in [0.25, 0.3) is 11.1 Å². The van der Waals surface area contributed by atoms with Crippen molar-refractivity contribution < 1.29 is 12.7 Å². The standard InChI is InChI=1S/C12H9Cl2O3P/c13-16-18(17-14)15-12-9-5-4-8-11(12)10-6-2-1-3-7-10/h1-9H. The van der Waals surface area contributed by atoms with Crippen molar-refractivity contribution in [1.82, 2.24) is 0 Å². The van der Waals surface area contributed by atoms with Crippen LogP contribution >= 0.6 is 32.3 Å². The summed E-state index contributed by atoms with van der Waals surface area (Å²) in [7, 11) is -1.81. The van der Waals surface area contributed by atoms with Crippen molar-refractivity contribution in [3.63, 3.8) is 0 Å². The minimum absolute atomic E-state index is 0.594. The van der Waals surface area contributed by atoms with Crippen molar-refractivity contribution in [1.29, 1.82) is 0 Å². The molecule has 6 heteroatoms. The first-order valence-corrected chi connectivity index (χ1v) is 6.76. The third kappa shape index (κ3) is 3.35. The molecule has 2 aromatic carbocycles. The predicted octanol–water partition coefficient (Wildman–Crippen LogP) is 5.30. The molecule has 3 nitrogen and oxygen atoms in total. The van der Waals surface area contributed by atoms with Crippen molar-refractivity contribution in [3.05, 3.63) is 54.6 Å². The highest BCUT2D eigenvalue weighted by Crippen LogP contribution is 2.45. The number of hydrogen-bond acceptors (Lipinski definition) is 3. The van der Waals surface area contributed by atoms with Crippen molar-refractivity contribution in [3.8, 4) is 16.9 Å². The first kappa shape index (κ1) is 13.6. The van der Waals surface area contributed by atoms with E-state index in [0.717, 1.165) is 11.1 Å². The van der Waals surface area contributed by atoms with Gasteiger partial charge in [0.05, 0.1) is 23.7 Å². The molecular formula is C12H9Cl2O3P. The molecule has 0 fully saturated rings. The molecule has 0 unspecified atom stereocenters. The second-order valence-corrected chi connectivity index (χ2v) is 5.05. The average Bonchev–Trinajstić information content (AvgIpc) is 2.46. The number of para-hydroxylation sites is 1. The maximum atomic E-state index is 5.45. The predicted molar refractivity (Wildman–Crippen MR) is 73.3 cm³/mol. The van der Waals surface area contributed by atoms with E-state index in [0.29, 0.717) is 5.75 Å². The van der Waals surface area contributed by atoms with E-state index in [-0.39, 0.29) is 0 Å². The summed E-state index contributed by atoms with van der Waals surface area (Å²) in [5.41, 5.74) is 1.93. The summed E-state index contributed by atoms with van der Waals surface area (Å²) in [5, 5.41) is 0. The van der Waals surface area contributed by atoms with Crippen molar-refractivity contribution in [2.75, 3.05) is 0 Å². The summed E-state index contributed by atoms with van der Waals surface area (Å²) in [6, 6.07) is 17.3. The summed E-state index contributed by atoms with van der Waals surface area (Å²) >= 11 is 10.4. The Bertz CT molecular complexity index is 492. The topological polar surface area (TPSA) is 27.7 Å². The number of rotatable bonds is 5. The van der Waals surface area contributed by atoms with Gasteiger partial charge in [-0.2, -0.15) is 8.15 Å². The van der Waals surface area contributed by atoms with Gasteiger partial charge in [-0.05, 0) is 11.6 Å². The van der Waals surface area contributed by atoms with E-state index in [9.17, 15) is 0 Å². The van der Waals surface area contributed by atoms with Crippen LogP contribution in [-0.2, 0) is 8.15 Å². The minimum Gasteiger partial charge on any atom is -0.424 e. The Balaban J connectivity index is 2.31. The largest absolute Gasteiger partial charge is 0.433 e. The molecule has 18 heavy (non-hydrogen) atoms. The molecule has 0 saturated heterocycles. The van der Waals surface area contributed by atoms with Gasteiger partial charge in [0.25, 0.3) is 0 Å². The van der Waals surface area contributed by atoms with E-state index in [1.807, 2.05) is 48.5 Å². The highest BCUT2D eigenvalue weighted by atomic mass is 35.5. The lowest BCUT2D eigenvalue weighted by atomic mass is 10.1. The average molecular weight is 303 g/mol. The fraction of sp³-hybridized carbons (Fsp3) is 0. The molecule has 2 rings (SSSR count). The van der Waals surface area contributed by atoms with Crippen LogP contribution in [0, 0.1) is 0 Å².